The molecule has 5 nitrogen and oxygen atoms in total. The second-order valence-corrected chi connectivity index (χ2v) is 11.8. The van der Waals surface area contributed by atoms with Gasteiger partial charge in [0.2, 0.25) is 0 Å². The fourth-order valence-corrected chi connectivity index (χ4v) is 6.11. The first-order valence-electron chi connectivity index (χ1n) is 15.4. The molecule has 2 aliphatic rings. The zero-order valence-corrected chi connectivity index (χ0v) is 24.9. The van der Waals surface area contributed by atoms with Gasteiger partial charge in [-0.2, -0.15) is 0 Å². The first-order chi connectivity index (χ1) is 20.5. The van der Waals surface area contributed by atoms with Crippen molar-refractivity contribution in [2.45, 2.75) is 77.6 Å². The minimum Gasteiger partial charge on any atom is -0.495 e. The van der Waals surface area contributed by atoms with Gasteiger partial charge in [0.25, 0.3) is 0 Å². The van der Waals surface area contributed by atoms with Gasteiger partial charge in [0.15, 0.2) is 0 Å². The smallest absolute Gasteiger partial charge is 0.140 e. The van der Waals surface area contributed by atoms with E-state index in [2.05, 4.69) is 31.2 Å². The number of hydrogen-bond donors (Lipinski definition) is 0. The summed E-state index contributed by atoms with van der Waals surface area (Å²) in [5, 5.41) is 0. The van der Waals surface area contributed by atoms with Crippen molar-refractivity contribution in [2.75, 3.05) is 7.11 Å². The van der Waals surface area contributed by atoms with Crippen LogP contribution in [-0.4, -0.2) is 28.7 Å². The zero-order chi connectivity index (χ0) is 29.3. The number of hydrogen-bond acceptors (Lipinski definition) is 4. The summed E-state index contributed by atoms with van der Waals surface area (Å²) in [6, 6.07) is 14.6. The normalized spacial score (nSPS) is 19.3. The standard InChI is InChI=1S/C36H42FN3O2/c1-26-10-15-29(16-11-26)35-25-40(32-19-17-30(37)18-20-32)36(39-35)23-33(41)21-14-27-6-5-7-28(13-12-27)22-31-8-3-4-9-34(42-2)24-38-31/h8-11,15-20,24-25,27-28H,3-7,12-14,21-23H2,1-2H3. The van der Waals surface area contributed by atoms with Crippen molar-refractivity contribution in [2.24, 2.45) is 16.8 Å². The van der Waals surface area contributed by atoms with Gasteiger partial charge < -0.3 is 9.30 Å². The molecular weight excluding hydrogens is 525 g/mol. The van der Waals surface area contributed by atoms with E-state index in [1.165, 1.54) is 55.5 Å². The number of aromatic nitrogens is 2. The maximum Gasteiger partial charge on any atom is 0.140 e. The minimum atomic E-state index is -0.285. The second-order valence-electron chi connectivity index (χ2n) is 11.8. The summed E-state index contributed by atoms with van der Waals surface area (Å²) >= 11 is 0. The van der Waals surface area contributed by atoms with E-state index >= 15 is 0 Å². The van der Waals surface area contributed by atoms with Crippen LogP contribution in [0.4, 0.5) is 4.39 Å². The predicted molar refractivity (Wildman–Crippen MR) is 167 cm³/mol. The largest absolute Gasteiger partial charge is 0.495 e. The van der Waals surface area contributed by atoms with E-state index < -0.39 is 0 Å². The number of allylic oxidation sites excluding steroid dienone is 4. The Morgan fingerprint density at radius 1 is 0.976 bits per heavy atom. The number of methoxy groups -OCH3 is 1. The number of Topliss-reactive ketones (excluding diaryl/α,β-unsaturated/α-hetero) is 1. The van der Waals surface area contributed by atoms with Crippen LogP contribution in [0.15, 0.2) is 83.3 Å². The van der Waals surface area contributed by atoms with Gasteiger partial charge in [-0.15, -0.1) is 0 Å². The number of halogens is 1. The molecule has 5 rings (SSSR count). The number of carbonyl (C=O) groups is 1. The Labute approximate surface area is 249 Å². The van der Waals surface area contributed by atoms with Crippen LogP contribution in [0.5, 0.6) is 0 Å². The van der Waals surface area contributed by atoms with Crippen molar-refractivity contribution in [3.63, 3.8) is 0 Å². The molecule has 2 heterocycles. The first kappa shape index (κ1) is 29.7. The molecule has 0 spiro atoms. The lowest BCUT2D eigenvalue weighted by Gasteiger charge is -2.16. The van der Waals surface area contributed by atoms with Gasteiger partial charge in [0.05, 0.1) is 25.4 Å². The van der Waals surface area contributed by atoms with Crippen molar-refractivity contribution >= 4 is 12.0 Å². The van der Waals surface area contributed by atoms with E-state index in [-0.39, 0.29) is 18.0 Å². The number of ether oxygens (including phenoxy) is 1. The number of carbonyl (C=O) groups excluding carboxylic acids is 1. The minimum absolute atomic E-state index is 0.205. The summed E-state index contributed by atoms with van der Waals surface area (Å²) in [5.41, 5.74) is 4.98. The lowest BCUT2D eigenvalue weighted by atomic mass is 9.91. The van der Waals surface area contributed by atoms with Crippen LogP contribution in [0, 0.1) is 24.6 Å². The maximum atomic E-state index is 13.6. The molecule has 2 atom stereocenters. The van der Waals surface area contributed by atoms with E-state index in [9.17, 15) is 9.18 Å². The number of ketones is 1. The molecule has 0 N–H and O–H groups in total. The number of nitrogens with zero attached hydrogens (tertiary/aromatic N) is 3. The molecule has 0 radical (unpaired) electrons. The van der Waals surface area contributed by atoms with E-state index in [0.717, 1.165) is 48.4 Å². The Balaban J connectivity index is 1.18. The van der Waals surface area contributed by atoms with Crippen LogP contribution in [-0.2, 0) is 16.0 Å². The molecule has 1 aliphatic heterocycles. The number of imidazole rings is 1. The highest BCUT2D eigenvalue weighted by atomic mass is 19.1. The zero-order valence-electron chi connectivity index (χ0n) is 24.9. The third-order valence-corrected chi connectivity index (χ3v) is 8.61. The van der Waals surface area contributed by atoms with Crippen molar-refractivity contribution in [3.05, 3.63) is 95.5 Å². The highest BCUT2D eigenvalue weighted by Crippen LogP contribution is 2.34. The molecule has 1 fully saturated rings. The maximum absolute atomic E-state index is 13.6. The van der Waals surface area contributed by atoms with Crippen LogP contribution >= 0.6 is 0 Å². The molecule has 2 unspecified atom stereocenters. The average molecular weight is 568 g/mol. The van der Waals surface area contributed by atoms with E-state index in [1.54, 1.807) is 19.2 Å². The van der Waals surface area contributed by atoms with E-state index in [4.69, 9.17) is 14.7 Å². The summed E-state index contributed by atoms with van der Waals surface area (Å²) in [4.78, 5) is 22.8. The number of aryl methyl sites for hydroxylation is 1. The SMILES string of the molecule is COC1=CCCC=C(CC2CCCC(CCC(=O)Cc3nc(-c4ccc(C)cc4)cn3-c3ccc(F)cc3)CC2)N=C1. The highest BCUT2D eigenvalue weighted by molar-refractivity contribution is 5.80. The van der Waals surface area contributed by atoms with Crippen LogP contribution < -0.4 is 0 Å². The summed E-state index contributed by atoms with van der Waals surface area (Å²) in [7, 11) is 1.70. The molecule has 220 valence electrons. The molecule has 1 aliphatic carbocycles. The first-order valence-corrected chi connectivity index (χ1v) is 15.4. The molecule has 0 saturated heterocycles. The summed E-state index contributed by atoms with van der Waals surface area (Å²) in [6.07, 6.45) is 18.9. The van der Waals surface area contributed by atoms with Crippen LogP contribution in [0.25, 0.3) is 16.9 Å². The molecule has 0 amide bonds. The van der Waals surface area contributed by atoms with E-state index in [0.29, 0.717) is 24.1 Å². The molecular formula is C36H42FN3O2. The van der Waals surface area contributed by atoms with Crippen LogP contribution in [0.1, 0.15) is 75.6 Å². The molecule has 0 bridgehead atoms. The predicted octanol–water partition coefficient (Wildman–Crippen LogP) is 8.74. The second kappa shape index (κ2) is 14.4. The number of rotatable bonds is 10. The van der Waals surface area contributed by atoms with Gasteiger partial charge in [-0.1, -0.05) is 61.6 Å². The lowest BCUT2D eigenvalue weighted by Crippen LogP contribution is -2.11. The van der Waals surface area contributed by atoms with Crippen molar-refractivity contribution in [1.29, 1.82) is 0 Å². The third-order valence-electron chi connectivity index (χ3n) is 8.61. The Kier molecular flexibility index (Phi) is 10.2. The van der Waals surface area contributed by atoms with Gasteiger partial charge in [-0.05, 0) is 81.2 Å². The van der Waals surface area contributed by atoms with Gasteiger partial charge in [-0.3, -0.25) is 9.79 Å². The molecule has 2 aromatic carbocycles. The van der Waals surface area contributed by atoms with Crippen LogP contribution in [0.2, 0.25) is 0 Å². The van der Waals surface area contributed by atoms with Gasteiger partial charge in [0, 0.05) is 29.6 Å². The fraction of sp³-hybridized carbons (Fsp3) is 0.417. The Bertz CT molecular complexity index is 1430. The topological polar surface area (TPSA) is 56.5 Å². The van der Waals surface area contributed by atoms with Crippen molar-refractivity contribution in [3.8, 4) is 16.9 Å². The van der Waals surface area contributed by atoms with Gasteiger partial charge in [-0.25, -0.2) is 9.37 Å². The monoisotopic (exact) mass is 567 g/mol. The summed E-state index contributed by atoms with van der Waals surface area (Å²) in [5.74, 6) is 2.69. The van der Waals surface area contributed by atoms with Crippen molar-refractivity contribution in [1.82, 2.24) is 9.55 Å². The lowest BCUT2D eigenvalue weighted by molar-refractivity contribution is -0.118. The third kappa shape index (κ3) is 8.15. The Morgan fingerprint density at radius 3 is 2.50 bits per heavy atom. The average Bonchev–Trinajstić information content (AvgIpc) is 3.25. The van der Waals surface area contributed by atoms with Crippen LogP contribution in [0.3, 0.4) is 0 Å². The quantitative estimate of drug-likeness (QED) is 0.230. The highest BCUT2D eigenvalue weighted by Gasteiger charge is 2.22. The van der Waals surface area contributed by atoms with Crippen molar-refractivity contribution < 1.29 is 13.9 Å². The van der Waals surface area contributed by atoms with Gasteiger partial charge >= 0.3 is 0 Å². The summed E-state index contributed by atoms with van der Waals surface area (Å²) < 4.78 is 20.9. The molecule has 1 aromatic heterocycles. The number of benzene rings is 2. The fourth-order valence-electron chi connectivity index (χ4n) is 6.11. The molecule has 3 aromatic rings. The summed E-state index contributed by atoms with van der Waals surface area (Å²) in [6.45, 7) is 2.06. The molecule has 6 heteroatoms. The Morgan fingerprint density at radius 2 is 1.71 bits per heavy atom. The number of aliphatic imine (C=N–C) groups is 1. The van der Waals surface area contributed by atoms with Gasteiger partial charge in [0.1, 0.15) is 23.2 Å². The molecule has 42 heavy (non-hydrogen) atoms. The molecule has 1 saturated carbocycles. The Hall–Kier alpha value is -3.80. The van der Waals surface area contributed by atoms with E-state index in [1.807, 2.05) is 29.1 Å².